The van der Waals surface area contributed by atoms with Crippen LogP contribution in [0.2, 0.25) is 0 Å². The second-order valence-corrected chi connectivity index (χ2v) is 6.57. The Morgan fingerprint density at radius 1 is 0.743 bits per heavy atom. The van der Waals surface area contributed by atoms with E-state index in [-0.39, 0.29) is 73.8 Å². The standard InChI is InChI=1S/2C12H10O.C3H7NO3.2Na.H/c1-3-7-11(8-4-1)13-12-9-5-2-6-10-12;13-12-9-5-4-8-11(12)10-6-2-1-3-7-10;5-2-4-1-3(6)7;;;/h1-10H;1-9,13H;4-5H,1-2H2,(H,6,7);;;/q;;;2*+1;-1/p-1. The van der Waals surface area contributed by atoms with Gasteiger partial charge in [-0.25, -0.2) is 0 Å². The maximum Gasteiger partial charge on any atom is 1.00 e. The predicted octanol–water partition coefficient (Wildman–Crippen LogP) is -2.07. The topological polar surface area (TPSA) is 102 Å². The maximum atomic E-state index is 9.56. The number of hydrogen-bond acceptors (Lipinski definition) is 6. The number of hydrogen-bond donors (Lipinski definition) is 3. The summed E-state index contributed by atoms with van der Waals surface area (Å²) in [6, 6.07) is 36.7. The molecule has 0 aliphatic heterocycles. The minimum atomic E-state index is -1.21. The number of aliphatic hydroxyl groups is 1. The number of carboxylic acid groups (broad SMARTS) is 1. The van der Waals surface area contributed by atoms with Gasteiger partial charge >= 0.3 is 59.1 Å². The van der Waals surface area contributed by atoms with Crippen LogP contribution in [0.5, 0.6) is 17.2 Å². The Morgan fingerprint density at radius 3 is 1.57 bits per heavy atom. The first kappa shape index (κ1) is 32.9. The van der Waals surface area contributed by atoms with Crippen molar-refractivity contribution in [3.63, 3.8) is 0 Å². The Labute approximate surface area is 251 Å². The fourth-order valence-electron chi connectivity index (χ4n) is 2.61. The number of rotatable bonds is 6. The van der Waals surface area contributed by atoms with Gasteiger partial charge in [0.05, 0.1) is 12.7 Å². The number of aliphatic carboxylic acids is 1. The number of benzene rings is 4. The molecule has 0 unspecified atom stereocenters. The molecule has 0 spiro atoms. The second-order valence-electron chi connectivity index (χ2n) is 6.57. The van der Waals surface area contributed by atoms with Crippen LogP contribution in [-0.4, -0.2) is 29.5 Å². The normalized spacial score (nSPS) is 8.94. The van der Waals surface area contributed by atoms with Crippen LogP contribution in [0.3, 0.4) is 0 Å². The molecule has 8 heteroatoms. The molecule has 0 radical (unpaired) electrons. The van der Waals surface area contributed by atoms with Crippen molar-refractivity contribution in [2.45, 2.75) is 0 Å². The van der Waals surface area contributed by atoms with Crippen LogP contribution < -0.4 is 74.3 Å². The van der Waals surface area contributed by atoms with E-state index in [1.165, 1.54) is 0 Å². The van der Waals surface area contributed by atoms with Crippen LogP contribution >= 0.6 is 0 Å². The number of aliphatic hydroxyl groups excluding tert-OH is 1. The average Bonchev–Trinajstić information content (AvgIpc) is 2.86. The molecule has 4 rings (SSSR count). The van der Waals surface area contributed by atoms with E-state index >= 15 is 0 Å². The fourth-order valence-corrected chi connectivity index (χ4v) is 2.61. The van der Waals surface area contributed by atoms with E-state index in [2.05, 4.69) is 5.32 Å². The van der Waals surface area contributed by atoms with Crippen LogP contribution in [-0.2, 0) is 4.79 Å². The summed E-state index contributed by atoms with van der Waals surface area (Å²) in [4.78, 5) is 9.47. The van der Waals surface area contributed by atoms with E-state index in [1.807, 2.05) is 109 Å². The summed E-state index contributed by atoms with van der Waals surface area (Å²) in [5, 5.41) is 29.1. The van der Waals surface area contributed by atoms with E-state index in [1.54, 1.807) is 6.07 Å². The largest absolute Gasteiger partial charge is 1.00 e. The quantitative estimate of drug-likeness (QED) is 0.212. The Morgan fingerprint density at radius 2 is 1.17 bits per heavy atom. The fraction of sp³-hybridized carbons (Fsp3) is 0.0741. The molecule has 0 atom stereocenters. The number of para-hydroxylation sites is 3. The van der Waals surface area contributed by atoms with Crippen LogP contribution in [0, 0.1) is 0 Å². The zero-order valence-corrected chi connectivity index (χ0v) is 24.0. The Bertz CT molecular complexity index is 1040. The first-order chi connectivity index (χ1) is 16.1. The molecule has 0 fully saturated rings. The molecule has 3 N–H and O–H groups in total. The summed E-state index contributed by atoms with van der Waals surface area (Å²) < 4.78 is 5.58. The third-order valence-electron chi connectivity index (χ3n) is 4.09. The third-order valence-corrected chi connectivity index (χ3v) is 4.09. The molecule has 4 aromatic rings. The molecule has 172 valence electrons. The minimum absolute atomic E-state index is 0. The summed E-state index contributed by atoms with van der Waals surface area (Å²) in [5.41, 5.74) is 1.92. The van der Waals surface area contributed by atoms with Gasteiger partial charge in [0.25, 0.3) is 0 Å². The molecule has 0 aromatic heterocycles. The van der Waals surface area contributed by atoms with Gasteiger partial charge in [0.1, 0.15) is 17.2 Å². The van der Waals surface area contributed by atoms with Crippen LogP contribution in [0.4, 0.5) is 0 Å². The van der Waals surface area contributed by atoms with Gasteiger partial charge in [-0.2, -0.15) is 0 Å². The summed E-state index contributed by atoms with van der Waals surface area (Å²) in [7, 11) is 0. The van der Waals surface area contributed by atoms with Crippen molar-refractivity contribution in [1.82, 2.24) is 5.32 Å². The van der Waals surface area contributed by atoms with Gasteiger partial charge in [-0.05, 0) is 35.9 Å². The first-order valence-corrected chi connectivity index (χ1v) is 10.2. The van der Waals surface area contributed by atoms with Crippen LogP contribution in [0.25, 0.3) is 11.1 Å². The Hall–Kier alpha value is -2.13. The van der Waals surface area contributed by atoms with E-state index in [4.69, 9.17) is 9.84 Å². The van der Waals surface area contributed by atoms with Crippen molar-refractivity contribution >= 4 is 5.97 Å². The Balaban J connectivity index is 0. The molecule has 35 heavy (non-hydrogen) atoms. The maximum absolute atomic E-state index is 9.56. The number of aromatic hydroxyl groups is 1. The summed E-state index contributed by atoms with van der Waals surface area (Å²) in [6.07, 6.45) is 0. The second kappa shape index (κ2) is 20.1. The summed E-state index contributed by atoms with van der Waals surface area (Å²) >= 11 is 0. The zero-order chi connectivity index (χ0) is 23.7. The molecule has 4 aromatic carbocycles. The minimum Gasteiger partial charge on any atom is -1.00 e. The molecule has 6 nitrogen and oxygen atoms in total. The van der Waals surface area contributed by atoms with Crippen LogP contribution in [0.1, 0.15) is 1.43 Å². The SMILES string of the molecule is O=C([O-])CNCO.Oc1ccccc1-c1ccccc1.[H-].[Na+].[Na+].c1ccc(Oc2ccccc2)cc1. The van der Waals surface area contributed by atoms with Gasteiger partial charge in [-0.15, -0.1) is 0 Å². The van der Waals surface area contributed by atoms with E-state index in [0.717, 1.165) is 22.6 Å². The average molecular weight is 491 g/mol. The van der Waals surface area contributed by atoms with Crippen molar-refractivity contribution in [2.24, 2.45) is 0 Å². The summed E-state index contributed by atoms with van der Waals surface area (Å²) in [6.45, 7) is -0.621. The number of phenols is 1. The molecule has 0 bridgehead atoms. The van der Waals surface area contributed by atoms with E-state index in [9.17, 15) is 15.0 Å². The van der Waals surface area contributed by atoms with Crippen molar-refractivity contribution in [3.05, 3.63) is 115 Å². The van der Waals surface area contributed by atoms with Gasteiger partial charge in [0.15, 0.2) is 0 Å². The molecule has 0 amide bonds. The van der Waals surface area contributed by atoms with Gasteiger partial charge < -0.3 is 26.3 Å². The number of carbonyl (C=O) groups excluding carboxylic acids is 1. The molecule has 0 aliphatic rings. The van der Waals surface area contributed by atoms with Gasteiger partial charge in [0, 0.05) is 12.1 Å². The third kappa shape index (κ3) is 14.1. The van der Waals surface area contributed by atoms with E-state index in [0.29, 0.717) is 5.75 Å². The van der Waals surface area contributed by atoms with Crippen molar-refractivity contribution in [2.75, 3.05) is 13.3 Å². The number of phenolic OH excluding ortho intramolecular Hbond substituents is 1. The molecule has 0 aliphatic carbocycles. The molecule has 0 heterocycles. The van der Waals surface area contributed by atoms with Gasteiger partial charge in [-0.1, -0.05) is 84.9 Å². The van der Waals surface area contributed by atoms with E-state index < -0.39 is 5.97 Å². The number of carboxylic acids is 1. The molecular weight excluding hydrogens is 464 g/mol. The van der Waals surface area contributed by atoms with Gasteiger partial charge in [0.2, 0.25) is 0 Å². The molecular formula is C27H27NNa2O5. The number of nitrogens with one attached hydrogen (secondary N) is 1. The van der Waals surface area contributed by atoms with Gasteiger partial charge in [-0.3, -0.25) is 5.32 Å². The van der Waals surface area contributed by atoms with Crippen LogP contribution in [0.15, 0.2) is 115 Å². The monoisotopic (exact) mass is 491 g/mol. The zero-order valence-electron chi connectivity index (χ0n) is 21.0. The number of carbonyl (C=O) groups is 1. The smallest absolute Gasteiger partial charge is 1.00 e. The molecule has 0 saturated heterocycles. The Kier molecular flexibility index (Phi) is 18.9. The van der Waals surface area contributed by atoms with Crippen molar-refractivity contribution in [1.29, 1.82) is 0 Å². The van der Waals surface area contributed by atoms with Crippen molar-refractivity contribution < 1.29 is 85.4 Å². The predicted molar refractivity (Wildman–Crippen MR) is 128 cm³/mol. The number of ether oxygens (including phenoxy) is 1. The van der Waals surface area contributed by atoms with Crippen molar-refractivity contribution in [3.8, 4) is 28.4 Å². The first-order valence-electron chi connectivity index (χ1n) is 10.2. The molecule has 0 saturated carbocycles. The summed E-state index contributed by atoms with van der Waals surface area (Å²) in [5.74, 6) is 0.852.